The van der Waals surface area contributed by atoms with E-state index in [1.54, 1.807) is 116 Å². The largest absolute Gasteiger partial charge is 0.459 e. The van der Waals surface area contributed by atoms with Gasteiger partial charge in [0.05, 0.1) is 73.0 Å². The SMILES string of the molecule is C#Cc1ccc(NC(=O)c2ccccc2C(=O)OCC(O)COCC(CC)(COCC(O)COC(=O)c2ccccc2C(=O)Nc2ccc(C#C)cc2)COCC(O)COC(=O)c2ccccc2C(=O)Nc2ccc(C#C)cc2)cc1. The van der Waals surface area contributed by atoms with Crippen molar-refractivity contribution in [2.24, 2.45) is 5.41 Å². The van der Waals surface area contributed by atoms with Gasteiger partial charge in [0, 0.05) is 39.2 Å². The van der Waals surface area contributed by atoms with Crippen molar-refractivity contribution < 1.29 is 72.5 Å². The molecule has 0 spiro atoms. The molecule has 18 heteroatoms. The van der Waals surface area contributed by atoms with Crippen LogP contribution in [0.5, 0.6) is 0 Å². The minimum absolute atomic E-state index is 0.0259. The highest BCUT2D eigenvalue weighted by Crippen LogP contribution is 2.26. The predicted octanol–water partition coefficient (Wildman–Crippen LogP) is 6.79. The molecule has 0 aliphatic rings. The second-order valence-electron chi connectivity index (χ2n) is 18.3. The van der Waals surface area contributed by atoms with E-state index in [4.69, 9.17) is 47.7 Å². The molecule has 6 N–H and O–H groups in total. The Morgan fingerprint density at radius 1 is 0.407 bits per heavy atom. The molecule has 81 heavy (non-hydrogen) atoms. The first-order valence-corrected chi connectivity index (χ1v) is 25.3. The summed E-state index contributed by atoms with van der Waals surface area (Å²) in [6.45, 7) is -1.24. The summed E-state index contributed by atoms with van der Waals surface area (Å²) in [6, 6.07) is 37.6. The fraction of sp³-hybridized carbons (Fsp3) is 0.238. The number of nitrogens with one attached hydrogen (secondary N) is 3. The summed E-state index contributed by atoms with van der Waals surface area (Å²) in [7, 11) is 0. The number of hydrogen-bond donors (Lipinski definition) is 6. The van der Waals surface area contributed by atoms with Gasteiger partial charge in [0.1, 0.15) is 38.1 Å². The molecule has 0 aliphatic heterocycles. The Bertz CT molecular complexity index is 2920. The number of hydrogen-bond acceptors (Lipinski definition) is 15. The fourth-order valence-electron chi connectivity index (χ4n) is 7.68. The van der Waals surface area contributed by atoms with Crippen molar-refractivity contribution in [3.63, 3.8) is 0 Å². The monoisotopic (exact) mass is 1100 g/mol. The third kappa shape index (κ3) is 18.3. The van der Waals surface area contributed by atoms with Crippen LogP contribution in [0.3, 0.4) is 0 Å². The van der Waals surface area contributed by atoms with Crippen LogP contribution in [-0.4, -0.2) is 129 Å². The molecule has 0 radical (unpaired) electrons. The number of benzene rings is 6. The van der Waals surface area contributed by atoms with Gasteiger partial charge in [-0.15, -0.1) is 19.3 Å². The number of anilines is 3. The second-order valence-corrected chi connectivity index (χ2v) is 18.3. The number of terminal acetylenes is 3. The molecule has 0 aliphatic carbocycles. The van der Waals surface area contributed by atoms with Gasteiger partial charge in [-0.3, -0.25) is 14.4 Å². The van der Waals surface area contributed by atoms with Crippen molar-refractivity contribution in [3.8, 4) is 37.0 Å². The molecule has 0 heterocycles. The number of carbonyl (C=O) groups is 6. The highest BCUT2D eigenvalue weighted by molar-refractivity contribution is 6.12. The molecule has 6 rings (SSSR count). The van der Waals surface area contributed by atoms with Crippen molar-refractivity contribution in [2.45, 2.75) is 31.7 Å². The summed E-state index contributed by atoms with van der Waals surface area (Å²) < 4.78 is 34.0. The van der Waals surface area contributed by atoms with E-state index in [0.717, 1.165) is 0 Å². The Kier molecular flexibility index (Phi) is 23.0. The minimum atomic E-state index is -1.35. The Hall–Kier alpha value is -9.42. The number of aliphatic hydroxyl groups excluding tert-OH is 3. The average molecular weight is 1100 g/mol. The third-order valence-corrected chi connectivity index (χ3v) is 12.2. The highest BCUT2D eigenvalue weighted by Gasteiger charge is 2.32. The summed E-state index contributed by atoms with van der Waals surface area (Å²) >= 11 is 0. The number of esters is 3. The first-order chi connectivity index (χ1) is 39.1. The number of carbonyl (C=O) groups excluding carboxylic acids is 6. The maximum absolute atomic E-state index is 13.2. The zero-order valence-electron chi connectivity index (χ0n) is 44.1. The van der Waals surface area contributed by atoms with E-state index in [1.165, 1.54) is 36.4 Å². The lowest BCUT2D eigenvalue weighted by Crippen LogP contribution is -2.40. The topological polar surface area (TPSA) is 255 Å². The first kappa shape index (κ1) is 60.8. The van der Waals surface area contributed by atoms with Crippen LogP contribution in [0.1, 0.15) is 92.2 Å². The zero-order valence-corrected chi connectivity index (χ0v) is 44.1. The first-order valence-electron chi connectivity index (χ1n) is 25.3. The summed E-state index contributed by atoms with van der Waals surface area (Å²) in [4.78, 5) is 79.3. The van der Waals surface area contributed by atoms with Crippen LogP contribution < -0.4 is 16.0 Å². The Morgan fingerprint density at radius 2 is 0.654 bits per heavy atom. The Morgan fingerprint density at radius 3 is 0.889 bits per heavy atom. The quantitative estimate of drug-likeness (QED) is 0.0168. The third-order valence-electron chi connectivity index (χ3n) is 12.2. The van der Waals surface area contributed by atoms with E-state index in [2.05, 4.69) is 33.7 Å². The molecule has 6 aromatic rings. The van der Waals surface area contributed by atoms with E-state index >= 15 is 0 Å². The molecule has 3 atom stereocenters. The summed E-state index contributed by atoms with van der Waals surface area (Å²) in [5.41, 5.74) is 2.08. The van der Waals surface area contributed by atoms with Gasteiger partial charge in [0.2, 0.25) is 0 Å². The van der Waals surface area contributed by atoms with E-state index < -0.39 is 79.2 Å². The van der Waals surface area contributed by atoms with Crippen LogP contribution in [0.2, 0.25) is 0 Å². The molecule has 3 amide bonds. The summed E-state index contributed by atoms with van der Waals surface area (Å²) in [6.07, 6.45) is 12.6. The highest BCUT2D eigenvalue weighted by atomic mass is 16.6. The fourth-order valence-corrected chi connectivity index (χ4v) is 7.68. The minimum Gasteiger partial charge on any atom is -0.459 e. The van der Waals surface area contributed by atoms with Crippen molar-refractivity contribution in [3.05, 3.63) is 196 Å². The lowest BCUT2D eigenvalue weighted by Gasteiger charge is -2.33. The maximum atomic E-state index is 13.2. The van der Waals surface area contributed by atoms with E-state index in [-0.39, 0.29) is 73.0 Å². The molecular weight excluding hydrogens is 1040 g/mol. The summed E-state index contributed by atoms with van der Waals surface area (Å²) in [5, 5.41) is 40.8. The van der Waals surface area contributed by atoms with E-state index in [1.807, 2.05) is 0 Å². The molecule has 3 unspecified atom stereocenters. The zero-order chi connectivity index (χ0) is 58.2. The molecule has 18 nitrogen and oxygen atoms in total. The molecular formula is C63H59N3O15. The molecule has 0 saturated carbocycles. The van der Waals surface area contributed by atoms with Crippen LogP contribution in [-0.2, 0) is 28.4 Å². The van der Waals surface area contributed by atoms with Crippen LogP contribution in [0.4, 0.5) is 17.1 Å². The molecule has 416 valence electrons. The van der Waals surface area contributed by atoms with Crippen molar-refractivity contribution in [1.82, 2.24) is 0 Å². The van der Waals surface area contributed by atoms with Gasteiger partial charge in [0.15, 0.2) is 0 Å². The number of aliphatic hydroxyl groups is 3. The normalized spacial score (nSPS) is 12.6. The van der Waals surface area contributed by atoms with Crippen LogP contribution >= 0.6 is 0 Å². The van der Waals surface area contributed by atoms with Crippen LogP contribution in [0.15, 0.2) is 146 Å². The smallest absolute Gasteiger partial charge is 0.339 e. The molecule has 0 aromatic heterocycles. The lowest BCUT2D eigenvalue weighted by molar-refractivity contribution is -0.108. The van der Waals surface area contributed by atoms with Gasteiger partial charge in [-0.1, -0.05) is 61.1 Å². The van der Waals surface area contributed by atoms with E-state index in [9.17, 15) is 44.1 Å². The van der Waals surface area contributed by atoms with Crippen molar-refractivity contribution in [1.29, 1.82) is 0 Å². The van der Waals surface area contributed by atoms with Crippen molar-refractivity contribution in [2.75, 3.05) is 75.4 Å². The van der Waals surface area contributed by atoms with Crippen molar-refractivity contribution >= 4 is 52.7 Å². The second kappa shape index (κ2) is 30.7. The Balaban J connectivity index is 1.04. The van der Waals surface area contributed by atoms with Gasteiger partial charge in [-0.05, 0) is 116 Å². The van der Waals surface area contributed by atoms with Gasteiger partial charge >= 0.3 is 17.9 Å². The molecule has 0 saturated heterocycles. The van der Waals surface area contributed by atoms with Crippen LogP contribution in [0, 0.1) is 42.4 Å². The van der Waals surface area contributed by atoms with E-state index in [0.29, 0.717) is 40.2 Å². The molecule has 6 aromatic carbocycles. The van der Waals surface area contributed by atoms with Gasteiger partial charge in [-0.2, -0.15) is 0 Å². The van der Waals surface area contributed by atoms with Gasteiger partial charge < -0.3 is 59.7 Å². The number of amides is 3. The molecule has 0 fully saturated rings. The summed E-state index contributed by atoms with van der Waals surface area (Å²) in [5.74, 6) is 3.11. The number of ether oxygens (including phenoxy) is 6. The predicted molar refractivity (Wildman–Crippen MR) is 300 cm³/mol. The molecule has 0 bridgehead atoms. The van der Waals surface area contributed by atoms with Crippen LogP contribution in [0.25, 0.3) is 0 Å². The lowest BCUT2D eigenvalue weighted by atomic mass is 9.88. The van der Waals surface area contributed by atoms with Gasteiger partial charge in [0.25, 0.3) is 17.7 Å². The maximum Gasteiger partial charge on any atom is 0.339 e. The van der Waals surface area contributed by atoms with Gasteiger partial charge in [-0.25, -0.2) is 14.4 Å². The number of rotatable bonds is 28. The standard InChI is InChI=1S/C63H59N3O15/c1-5-42-21-27-45(28-22-42)64-57(70)51-15-9-12-18-54(51)60(73)79-36-48(67)33-76-39-63(8-4,40-77-34-49(68)37-80-61(74)55-19-13-10-16-52(55)58(71)65-46-29-23-43(6-2)24-30-46)41-78-35-50(69)38-81-62(75)56-20-14-11-17-53(56)59(72)66-47-31-25-44(7-3)26-32-47/h1-3,9-32,48-50,67-69H,8,33-41H2,4H3,(H,64,70)(H,65,71)(H,66,72). The average Bonchev–Trinajstić information content (AvgIpc) is 3.51. The Labute approximate surface area is 468 Å².